The predicted octanol–water partition coefficient (Wildman–Crippen LogP) is 3.56. The number of thiazole rings is 1. The fourth-order valence-electron chi connectivity index (χ4n) is 1.65. The number of rotatable bonds is 4. The standard InChI is InChI=1S/C14H18N4S.HI/c1-3-11-4-6-12(7-5-11)18-14(15)17-9-13-8-16-10(2)19-13;/h4-8H,3,9H2,1-2H3,(H3,15,17,18);1H. The minimum atomic E-state index is 0. The van der Waals surface area contributed by atoms with E-state index < -0.39 is 0 Å². The van der Waals surface area contributed by atoms with E-state index >= 15 is 0 Å². The maximum atomic E-state index is 5.85. The van der Waals surface area contributed by atoms with E-state index in [4.69, 9.17) is 5.73 Å². The number of nitrogens with one attached hydrogen (secondary N) is 1. The molecule has 0 fully saturated rings. The van der Waals surface area contributed by atoms with E-state index in [-0.39, 0.29) is 24.0 Å². The summed E-state index contributed by atoms with van der Waals surface area (Å²) in [4.78, 5) is 9.60. The van der Waals surface area contributed by atoms with Crippen molar-refractivity contribution >= 4 is 47.0 Å². The summed E-state index contributed by atoms with van der Waals surface area (Å²) in [6, 6.07) is 8.19. The summed E-state index contributed by atoms with van der Waals surface area (Å²) < 4.78 is 0. The van der Waals surface area contributed by atoms with Gasteiger partial charge in [0.25, 0.3) is 0 Å². The minimum Gasteiger partial charge on any atom is -0.370 e. The lowest BCUT2D eigenvalue weighted by molar-refractivity contribution is 1.08. The van der Waals surface area contributed by atoms with Gasteiger partial charge < -0.3 is 11.1 Å². The van der Waals surface area contributed by atoms with Crippen LogP contribution in [0.5, 0.6) is 0 Å². The van der Waals surface area contributed by atoms with Crippen LogP contribution in [0, 0.1) is 6.92 Å². The second-order valence-corrected chi connectivity index (χ2v) is 5.54. The monoisotopic (exact) mass is 402 g/mol. The lowest BCUT2D eigenvalue weighted by Crippen LogP contribution is -2.22. The predicted molar refractivity (Wildman–Crippen MR) is 97.0 cm³/mol. The number of nitrogens with two attached hydrogens (primary N) is 1. The molecule has 3 N–H and O–H groups in total. The number of guanidine groups is 1. The third-order valence-electron chi connectivity index (χ3n) is 2.71. The number of anilines is 1. The quantitative estimate of drug-likeness (QED) is 0.467. The van der Waals surface area contributed by atoms with Crippen molar-refractivity contribution in [2.75, 3.05) is 5.32 Å². The van der Waals surface area contributed by atoms with E-state index in [2.05, 4.69) is 34.3 Å². The number of hydrogen-bond donors (Lipinski definition) is 2. The highest BCUT2D eigenvalue weighted by molar-refractivity contribution is 14.0. The van der Waals surface area contributed by atoms with Crippen molar-refractivity contribution in [1.29, 1.82) is 0 Å². The summed E-state index contributed by atoms with van der Waals surface area (Å²) in [7, 11) is 0. The smallest absolute Gasteiger partial charge is 0.193 e. The molecule has 2 rings (SSSR count). The third-order valence-corrected chi connectivity index (χ3v) is 3.61. The molecule has 20 heavy (non-hydrogen) atoms. The number of aryl methyl sites for hydroxylation is 2. The van der Waals surface area contributed by atoms with Crippen molar-refractivity contribution < 1.29 is 0 Å². The SMILES string of the molecule is CCc1ccc(NC(N)=NCc2cnc(C)s2)cc1.I. The molecular formula is C14H19IN4S. The molecule has 0 saturated heterocycles. The lowest BCUT2D eigenvalue weighted by atomic mass is 10.1. The van der Waals surface area contributed by atoms with Gasteiger partial charge in [-0.05, 0) is 31.0 Å². The number of aromatic nitrogens is 1. The van der Waals surface area contributed by atoms with E-state index in [1.54, 1.807) is 11.3 Å². The van der Waals surface area contributed by atoms with E-state index in [0.29, 0.717) is 12.5 Å². The van der Waals surface area contributed by atoms with Gasteiger partial charge in [0, 0.05) is 16.8 Å². The fourth-order valence-corrected chi connectivity index (χ4v) is 2.37. The third kappa shape index (κ3) is 5.09. The lowest BCUT2D eigenvalue weighted by Gasteiger charge is -2.06. The summed E-state index contributed by atoms with van der Waals surface area (Å²) in [6.45, 7) is 4.68. The Morgan fingerprint density at radius 2 is 2.05 bits per heavy atom. The van der Waals surface area contributed by atoms with Crippen molar-refractivity contribution in [3.8, 4) is 0 Å². The Bertz CT molecular complexity index is 563. The average Bonchev–Trinajstić information content (AvgIpc) is 2.83. The number of halogens is 1. The van der Waals surface area contributed by atoms with Gasteiger partial charge in [-0.2, -0.15) is 0 Å². The summed E-state index contributed by atoms with van der Waals surface area (Å²) in [5.41, 5.74) is 8.12. The largest absolute Gasteiger partial charge is 0.370 e. The molecule has 0 atom stereocenters. The van der Waals surface area contributed by atoms with Crippen LogP contribution in [0.15, 0.2) is 35.5 Å². The van der Waals surface area contributed by atoms with Crippen LogP contribution in [0.3, 0.4) is 0 Å². The van der Waals surface area contributed by atoms with Gasteiger partial charge in [0.05, 0.1) is 11.6 Å². The number of hydrogen-bond acceptors (Lipinski definition) is 3. The van der Waals surface area contributed by atoms with Crippen LogP contribution in [-0.4, -0.2) is 10.9 Å². The molecule has 1 aromatic heterocycles. The zero-order valence-electron chi connectivity index (χ0n) is 11.6. The van der Waals surface area contributed by atoms with E-state index in [1.807, 2.05) is 25.3 Å². The number of nitrogens with zero attached hydrogens (tertiary/aromatic N) is 2. The van der Waals surface area contributed by atoms with Gasteiger partial charge in [-0.15, -0.1) is 35.3 Å². The Labute approximate surface area is 140 Å². The van der Waals surface area contributed by atoms with Gasteiger partial charge >= 0.3 is 0 Å². The molecule has 1 heterocycles. The maximum absolute atomic E-state index is 5.85. The molecular weight excluding hydrogens is 383 g/mol. The maximum Gasteiger partial charge on any atom is 0.193 e. The molecule has 0 spiro atoms. The molecule has 4 nitrogen and oxygen atoms in total. The van der Waals surface area contributed by atoms with Crippen molar-refractivity contribution in [1.82, 2.24) is 4.98 Å². The molecule has 0 radical (unpaired) electrons. The molecule has 0 unspecified atom stereocenters. The first kappa shape index (κ1) is 16.9. The first-order valence-electron chi connectivity index (χ1n) is 6.24. The van der Waals surface area contributed by atoms with Crippen molar-refractivity contribution in [3.63, 3.8) is 0 Å². The molecule has 0 aliphatic rings. The zero-order chi connectivity index (χ0) is 13.7. The Balaban J connectivity index is 0.00000200. The summed E-state index contributed by atoms with van der Waals surface area (Å²) in [5.74, 6) is 0.426. The van der Waals surface area contributed by atoms with Gasteiger partial charge in [-0.3, -0.25) is 0 Å². The molecule has 0 saturated carbocycles. The summed E-state index contributed by atoms with van der Waals surface area (Å²) in [5, 5.41) is 4.13. The van der Waals surface area contributed by atoms with Crippen LogP contribution in [0.2, 0.25) is 0 Å². The van der Waals surface area contributed by atoms with E-state index in [9.17, 15) is 0 Å². The topological polar surface area (TPSA) is 63.3 Å². The van der Waals surface area contributed by atoms with Crippen molar-refractivity contribution in [2.24, 2.45) is 10.7 Å². The first-order chi connectivity index (χ1) is 9.17. The fraction of sp³-hybridized carbons (Fsp3) is 0.286. The summed E-state index contributed by atoms with van der Waals surface area (Å²) in [6.07, 6.45) is 2.88. The van der Waals surface area contributed by atoms with Gasteiger partial charge in [0.2, 0.25) is 0 Å². The number of aliphatic imine (C=N–C) groups is 1. The Kier molecular flexibility index (Phi) is 6.94. The second-order valence-electron chi connectivity index (χ2n) is 4.22. The number of benzene rings is 1. The molecule has 0 aliphatic carbocycles. The Morgan fingerprint density at radius 1 is 1.35 bits per heavy atom. The normalized spacial score (nSPS) is 11.0. The molecule has 108 valence electrons. The Hall–Kier alpha value is -1.15. The van der Waals surface area contributed by atoms with Crippen LogP contribution in [0.1, 0.15) is 22.4 Å². The van der Waals surface area contributed by atoms with E-state index in [0.717, 1.165) is 22.0 Å². The first-order valence-corrected chi connectivity index (χ1v) is 7.06. The van der Waals surface area contributed by atoms with Gasteiger partial charge in [-0.1, -0.05) is 19.1 Å². The van der Waals surface area contributed by atoms with Crippen molar-refractivity contribution in [2.45, 2.75) is 26.8 Å². The van der Waals surface area contributed by atoms with Crippen molar-refractivity contribution in [3.05, 3.63) is 45.9 Å². The van der Waals surface area contributed by atoms with Gasteiger partial charge in [0.15, 0.2) is 5.96 Å². The molecule has 2 aromatic rings. The highest BCUT2D eigenvalue weighted by Crippen LogP contribution is 2.13. The average molecular weight is 402 g/mol. The van der Waals surface area contributed by atoms with Crippen LogP contribution in [0.4, 0.5) is 5.69 Å². The van der Waals surface area contributed by atoms with Crippen LogP contribution in [-0.2, 0) is 13.0 Å². The van der Waals surface area contributed by atoms with Gasteiger partial charge in [0.1, 0.15) is 0 Å². The molecule has 1 aromatic carbocycles. The molecule has 0 bridgehead atoms. The molecule has 6 heteroatoms. The van der Waals surface area contributed by atoms with Crippen LogP contribution < -0.4 is 11.1 Å². The molecule has 0 aliphatic heterocycles. The van der Waals surface area contributed by atoms with Crippen LogP contribution >= 0.6 is 35.3 Å². The van der Waals surface area contributed by atoms with E-state index in [1.165, 1.54) is 5.56 Å². The Morgan fingerprint density at radius 3 is 2.60 bits per heavy atom. The highest BCUT2D eigenvalue weighted by atomic mass is 127. The van der Waals surface area contributed by atoms with Crippen LogP contribution in [0.25, 0.3) is 0 Å². The zero-order valence-corrected chi connectivity index (χ0v) is 14.7. The minimum absolute atomic E-state index is 0. The summed E-state index contributed by atoms with van der Waals surface area (Å²) >= 11 is 1.64. The van der Waals surface area contributed by atoms with Gasteiger partial charge in [-0.25, -0.2) is 9.98 Å². The second kappa shape index (κ2) is 8.21. The molecule has 0 amide bonds. The highest BCUT2D eigenvalue weighted by Gasteiger charge is 1.98.